The fraction of sp³-hybridized carbons (Fsp3) is 0.0588. The summed E-state index contributed by atoms with van der Waals surface area (Å²) in [4.78, 5) is 8.80. The Morgan fingerprint density at radius 3 is 2.80 bits per heavy atom. The fourth-order valence-electron chi connectivity index (χ4n) is 2.04. The average Bonchev–Trinajstić information content (AvgIpc) is 2.48. The third kappa shape index (κ3) is 2.52. The fourth-order valence-corrected chi connectivity index (χ4v) is 2.04. The first kappa shape index (κ1) is 12.4. The zero-order valence-electron chi connectivity index (χ0n) is 11.1. The highest BCUT2D eigenvalue weighted by molar-refractivity contribution is 5.86. The van der Waals surface area contributed by atoms with E-state index < -0.39 is 0 Å². The molecule has 2 aromatic carbocycles. The van der Waals surface area contributed by atoms with E-state index in [2.05, 4.69) is 9.98 Å². The van der Waals surface area contributed by atoms with E-state index >= 15 is 0 Å². The number of hydrogen-bond donors (Lipinski definition) is 1. The Labute approximate surface area is 117 Å². The maximum absolute atomic E-state index is 9.77. The van der Waals surface area contributed by atoms with Crippen molar-refractivity contribution < 1.29 is 5.11 Å². The van der Waals surface area contributed by atoms with E-state index in [0.717, 1.165) is 16.5 Å². The molecule has 0 unspecified atom stereocenters. The quantitative estimate of drug-likeness (QED) is 0.709. The highest BCUT2D eigenvalue weighted by atomic mass is 16.3. The van der Waals surface area contributed by atoms with Crippen LogP contribution in [0.3, 0.4) is 0 Å². The van der Waals surface area contributed by atoms with Crippen molar-refractivity contribution in [3.63, 3.8) is 0 Å². The molecule has 0 fully saturated rings. The zero-order chi connectivity index (χ0) is 13.9. The summed E-state index contributed by atoms with van der Waals surface area (Å²) in [5, 5.41) is 10.9. The maximum Gasteiger partial charge on any atom is 0.152 e. The van der Waals surface area contributed by atoms with E-state index in [9.17, 15) is 5.11 Å². The number of benzene rings is 2. The minimum atomic E-state index is 0.222. The molecule has 3 rings (SSSR count). The number of nitrogens with zero attached hydrogens (tertiary/aromatic N) is 2. The first-order chi connectivity index (χ1) is 9.72. The van der Waals surface area contributed by atoms with Crippen molar-refractivity contribution in [1.82, 2.24) is 4.98 Å². The lowest BCUT2D eigenvalue weighted by Crippen LogP contribution is -1.85. The van der Waals surface area contributed by atoms with Crippen LogP contribution < -0.4 is 0 Å². The van der Waals surface area contributed by atoms with Crippen molar-refractivity contribution >= 4 is 22.9 Å². The summed E-state index contributed by atoms with van der Waals surface area (Å²) in [5.41, 5.74) is 2.69. The number of aliphatic imine (C=N–C) groups is 1. The van der Waals surface area contributed by atoms with Crippen LogP contribution in [-0.2, 0) is 0 Å². The van der Waals surface area contributed by atoms with Crippen LogP contribution in [0, 0.1) is 6.92 Å². The summed E-state index contributed by atoms with van der Waals surface area (Å²) in [5.74, 6) is 0.852. The summed E-state index contributed by atoms with van der Waals surface area (Å²) in [6.45, 7) is 1.98. The Balaban J connectivity index is 1.96. The summed E-state index contributed by atoms with van der Waals surface area (Å²) in [6, 6.07) is 17.2. The summed E-state index contributed by atoms with van der Waals surface area (Å²) >= 11 is 0. The number of aryl methyl sites for hydroxylation is 1. The second-order valence-corrected chi connectivity index (χ2v) is 4.68. The SMILES string of the molecule is Cc1ccc(O)c(C=Nc2ccc3ccccc3n2)c1. The number of phenols is 1. The Morgan fingerprint density at radius 1 is 1.05 bits per heavy atom. The molecule has 3 heteroatoms. The zero-order valence-corrected chi connectivity index (χ0v) is 11.1. The van der Waals surface area contributed by atoms with Crippen molar-refractivity contribution in [3.8, 4) is 5.75 Å². The van der Waals surface area contributed by atoms with Crippen molar-refractivity contribution in [1.29, 1.82) is 0 Å². The van der Waals surface area contributed by atoms with Crippen LogP contribution in [-0.4, -0.2) is 16.3 Å². The van der Waals surface area contributed by atoms with Gasteiger partial charge in [-0.2, -0.15) is 0 Å². The number of para-hydroxylation sites is 1. The molecule has 0 aliphatic carbocycles. The highest BCUT2D eigenvalue weighted by Crippen LogP contribution is 2.19. The molecule has 0 saturated heterocycles. The van der Waals surface area contributed by atoms with Gasteiger partial charge in [0.25, 0.3) is 0 Å². The summed E-state index contributed by atoms with van der Waals surface area (Å²) in [6.07, 6.45) is 1.64. The van der Waals surface area contributed by atoms with E-state index in [-0.39, 0.29) is 5.75 Å². The van der Waals surface area contributed by atoms with Gasteiger partial charge in [0.2, 0.25) is 0 Å². The smallest absolute Gasteiger partial charge is 0.152 e. The molecule has 0 amide bonds. The molecule has 0 radical (unpaired) electrons. The Kier molecular flexibility index (Phi) is 3.17. The second kappa shape index (κ2) is 5.13. The molecular formula is C17H14N2O. The number of aromatic hydroxyl groups is 1. The number of pyridine rings is 1. The van der Waals surface area contributed by atoms with E-state index in [1.54, 1.807) is 12.3 Å². The van der Waals surface area contributed by atoms with Gasteiger partial charge in [-0.15, -0.1) is 0 Å². The molecular weight excluding hydrogens is 248 g/mol. The first-order valence-corrected chi connectivity index (χ1v) is 6.42. The lowest BCUT2D eigenvalue weighted by molar-refractivity contribution is 0.474. The van der Waals surface area contributed by atoms with Gasteiger partial charge in [-0.05, 0) is 37.3 Å². The van der Waals surface area contributed by atoms with Gasteiger partial charge < -0.3 is 5.11 Å². The van der Waals surface area contributed by atoms with E-state index in [0.29, 0.717) is 11.4 Å². The van der Waals surface area contributed by atoms with E-state index in [4.69, 9.17) is 0 Å². The monoisotopic (exact) mass is 262 g/mol. The lowest BCUT2D eigenvalue weighted by Gasteiger charge is -2.01. The Morgan fingerprint density at radius 2 is 1.90 bits per heavy atom. The highest BCUT2D eigenvalue weighted by Gasteiger charge is 1.99. The molecule has 0 aliphatic heterocycles. The van der Waals surface area contributed by atoms with Gasteiger partial charge >= 0.3 is 0 Å². The van der Waals surface area contributed by atoms with Gasteiger partial charge in [0.15, 0.2) is 5.82 Å². The molecule has 1 aromatic heterocycles. The van der Waals surface area contributed by atoms with Crippen LogP contribution in [0.4, 0.5) is 5.82 Å². The topological polar surface area (TPSA) is 45.5 Å². The van der Waals surface area contributed by atoms with Gasteiger partial charge in [-0.25, -0.2) is 9.98 Å². The van der Waals surface area contributed by atoms with Crippen LogP contribution in [0.25, 0.3) is 10.9 Å². The van der Waals surface area contributed by atoms with E-state index in [1.807, 2.05) is 55.5 Å². The number of hydrogen-bond acceptors (Lipinski definition) is 3. The van der Waals surface area contributed by atoms with Crippen molar-refractivity contribution in [2.24, 2.45) is 4.99 Å². The molecule has 0 saturated carbocycles. The predicted molar refractivity (Wildman–Crippen MR) is 81.8 cm³/mol. The molecule has 0 bridgehead atoms. The normalized spacial score (nSPS) is 11.2. The molecule has 3 nitrogen and oxygen atoms in total. The van der Waals surface area contributed by atoms with Gasteiger partial charge in [0.1, 0.15) is 5.75 Å². The maximum atomic E-state index is 9.77. The molecule has 0 spiro atoms. The molecule has 3 aromatic rings. The van der Waals surface area contributed by atoms with Crippen LogP contribution in [0.2, 0.25) is 0 Å². The van der Waals surface area contributed by atoms with Crippen LogP contribution >= 0.6 is 0 Å². The summed E-state index contributed by atoms with van der Waals surface area (Å²) in [7, 11) is 0. The minimum absolute atomic E-state index is 0.222. The van der Waals surface area contributed by atoms with Gasteiger partial charge in [-0.1, -0.05) is 29.8 Å². The third-order valence-corrected chi connectivity index (χ3v) is 3.10. The van der Waals surface area contributed by atoms with Gasteiger partial charge in [0, 0.05) is 17.2 Å². The second-order valence-electron chi connectivity index (χ2n) is 4.68. The Bertz CT molecular complexity index is 794. The molecule has 98 valence electrons. The average molecular weight is 262 g/mol. The molecule has 0 aliphatic rings. The molecule has 1 N–H and O–H groups in total. The van der Waals surface area contributed by atoms with Crippen molar-refractivity contribution in [2.45, 2.75) is 6.92 Å². The number of fused-ring (bicyclic) bond motifs is 1. The number of rotatable bonds is 2. The number of phenolic OH excluding ortho intramolecular Hbond substituents is 1. The first-order valence-electron chi connectivity index (χ1n) is 6.42. The largest absolute Gasteiger partial charge is 0.507 e. The molecule has 1 heterocycles. The minimum Gasteiger partial charge on any atom is -0.507 e. The van der Waals surface area contributed by atoms with Crippen LogP contribution in [0.1, 0.15) is 11.1 Å². The number of aromatic nitrogens is 1. The van der Waals surface area contributed by atoms with Crippen molar-refractivity contribution in [3.05, 3.63) is 65.7 Å². The molecule has 20 heavy (non-hydrogen) atoms. The van der Waals surface area contributed by atoms with Crippen LogP contribution in [0.5, 0.6) is 5.75 Å². The Hall–Kier alpha value is -2.68. The van der Waals surface area contributed by atoms with Gasteiger partial charge in [0.05, 0.1) is 5.52 Å². The standard InChI is InChI=1S/C17H14N2O/c1-12-6-8-16(20)14(10-12)11-18-17-9-7-13-4-2-3-5-15(13)19-17/h2-11,20H,1H3. The summed E-state index contributed by atoms with van der Waals surface area (Å²) < 4.78 is 0. The predicted octanol–water partition coefficient (Wildman–Crippen LogP) is 4.00. The third-order valence-electron chi connectivity index (χ3n) is 3.10. The van der Waals surface area contributed by atoms with E-state index in [1.165, 1.54) is 0 Å². The van der Waals surface area contributed by atoms with Crippen LogP contribution in [0.15, 0.2) is 59.6 Å². The van der Waals surface area contributed by atoms with Gasteiger partial charge in [-0.3, -0.25) is 0 Å². The lowest BCUT2D eigenvalue weighted by atomic mass is 10.1. The van der Waals surface area contributed by atoms with Crippen molar-refractivity contribution in [2.75, 3.05) is 0 Å². The molecule has 0 atom stereocenters.